The molecule has 0 amide bonds. The van der Waals surface area contributed by atoms with Crippen LogP contribution in [0.25, 0.3) is 21.6 Å². The van der Waals surface area contributed by atoms with Crippen molar-refractivity contribution in [2.75, 3.05) is 12.4 Å². The fourth-order valence-electron chi connectivity index (χ4n) is 4.71. The Bertz CT molecular complexity index is 1370. The minimum Gasteiger partial charge on any atom is -0.331 e. The van der Waals surface area contributed by atoms with Crippen LogP contribution in [0.15, 0.2) is 77.3 Å². The second-order valence-corrected chi connectivity index (χ2v) is 10.3. The predicted molar refractivity (Wildman–Crippen MR) is 144 cm³/mol. The molecule has 0 unspecified atom stereocenters. The molecule has 0 spiro atoms. The van der Waals surface area contributed by atoms with E-state index >= 15 is 0 Å². The molecule has 186 valence electrons. The summed E-state index contributed by atoms with van der Waals surface area (Å²) >= 11 is 1.55. The summed E-state index contributed by atoms with van der Waals surface area (Å²) in [5.41, 5.74) is 7.14. The minimum absolute atomic E-state index is 0.0384. The van der Waals surface area contributed by atoms with Crippen molar-refractivity contribution in [3.05, 3.63) is 88.6 Å². The lowest BCUT2D eigenvalue weighted by atomic mass is 9.87. The highest BCUT2D eigenvalue weighted by molar-refractivity contribution is 7.19. The topological polar surface area (TPSA) is 41.1 Å². The third-order valence-corrected chi connectivity index (χ3v) is 7.82. The number of halogens is 2. The molecule has 1 N–H and O–H groups in total. The maximum atomic E-state index is 14.9. The molecule has 2 aliphatic rings. The molecule has 7 heteroatoms. The zero-order valence-electron chi connectivity index (χ0n) is 20.9. The number of hydrogen-bond acceptors (Lipinski definition) is 5. The van der Waals surface area contributed by atoms with Gasteiger partial charge in [0.25, 0.3) is 0 Å². The van der Waals surface area contributed by atoms with E-state index in [1.165, 1.54) is 11.6 Å². The van der Waals surface area contributed by atoms with E-state index in [9.17, 15) is 8.78 Å². The second kappa shape index (κ2) is 10.4. The van der Waals surface area contributed by atoms with Gasteiger partial charge in [-0.1, -0.05) is 42.5 Å². The second-order valence-electron chi connectivity index (χ2n) is 9.31. The van der Waals surface area contributed by atoms with Gasteiger partial charge in [0, 0.05) is 31.0 Å². The molecule has 0 saturated heterocycles. The maximum Gasteiger partial charge on any atom is 0.188 e. The van der Waals surface area contributed by atoms with Crippen LogP contribution in [-0.4, -0.2) is 21.9 Å². The number of nitrogens with zero attached hydrogens (tertiary/aromatic N) is 3. The van der Waals surface area contributed by atoms with Crippen molar-refractivity contribution in [1.82, 2.24) is 14.9 Å². The highest BCUT2D eigenvalue weighted by atomic mass is 32.1. The van der Waals surface area contributed by atoms with E-state index in [0.717, 1.165) is 58.6 Å². The Morgan fingerprint density at radius 2 is 2.00 bits per heavy atom. The molecule has 0 bridgehead atoms. The van der Waals surface area contributed by atoms with Gasteiger partial charge in [-0.2, -0.15) is 0 Å². The molecule has 1 aliphatic carbocycles. The van der Waals surface area contributed by atoms with Gasteiger partial charge in [-0.15, -0.1) is 0 Å². The number of benzene rings is 1. The van der Waals surface area contributed by atoms with Gasteiger partial charge < -0.3 is 5.32 Å². The molecular formula is C29H30F2N4S. The largest absolute Gasteiger partial charge is 0.331 e. The van der Waals surface area contributed by atoms with E-state index < -0.39 is 11.7 Å². The molecule has 36 heavy (non-hydrogen) atoms. The average Bonchev–Trinajstić information content (AvgIpc) is 3.19. The molecule has 1 saturated carbocycles. The van der Waals surface area contributed by atoms with Crippen LogP contribution in [0.3, 0.4) is 0 Å². The summed E-state index contributed by atoms with van der Waals surface area (Å²) in [6.45, 7) is 4.83. The van der Waals surface area contributed by atoms with E-state index in [1.54, 1.807) is 31.4 Å². The summed E-state index contributed by atoms with van der Waals surface area (Å²) in [6.07, 6.45) is 7.81. The highest BCUT2D eigenvalue weighted by Gasteiger charge is 2.27. The molecule has 1 aliphatic heterocycles. The van der Waals surface area contributed by atoms with Gasteiger partial charge in [-0.25, -0.2) is 13.8 Å². The third-order valence-electron chi connectivity index (χ3n) is 6.77. The first-order chi connectivity index (χ1) is 17.5. The number of anilines is 1. The normalized spacial score (nSPS) is 16.5. The zero-order valence-corrected chi connectivity index (χ0v) is 21.7. The van der Waals surface area contributed by atoms with Crippen LogP contribution in [0.4, 0.5) is 13.9 Å². The number of allylic oxidation sites excluding steroid dienone is 4. The molecule has 0 radical (unpaired) electrons. The molecule has 1 fully saturated rings. The Morgan fingerprint density at radius 3 is 2.67 bits per heavy atom. The number of fused-ring (bicyclic) bond motifs is 3. The molecular weight excluding hydrogens is 474 g/mol. The van der Waals surface area contributed by atoms with Crippen molar-refractivity contribution >= 4 is 16.5 Å². The smallest absolute Gasteiger partial charge is 0.188 e. The monoisotopic (exact) mass is 504 g/mol. The summed E-state index contributed by atoms with van der Waals surface area (Å²) in [6, 6.07) is 10.5. The van der Waals surface area contributed by atoms with Crippen LogP contribution in [0.1, 0.15) is 50.8 Å². The lowest BCUT2D eigenvalue weighted by Gasteiger charge is -2.24. The zero-order chi connectivity index (χ0) is 25.2. The van der Waals surface area contributed by atoms with Gasteiger partial charge in [-0.3, -0.25) is 9.88 Å². The summed E-state index contributed by atoms with van der Waals surface area (Å²) in [4.78, 5) is 12.5. The molecule has 3 aromatic rings. The van der Waals surface area contributed by atoms with Crippen LogP contribution in [0.5, 0.6) is 0 Å². The van der Waals surface area contributed by atoms with Gasteiger partial charge in [0.15, 0.2) is 5.13 Å². The number of nitrogens with one attached hydrogen (secondary N) is 1. The van der Waals surface area contributed by atoms with Crippen molar-refractivity contribution in [3.8, 4) is 21.6 Å². The standard InChI is InChI=1S/C29H30F2N4S/c1-4-23(30)26(24(31)5-2)27(18-8-6-9-18)34-29-33-25-17-35(3)16-21-12-11-19(14-22(21)28(25)36-29)20-10-7-13-32-15-20/h4,7,10-15H,5-6,8-9,16-17H2,1-3H3,(H,33,34)/b23-4+,26-24-. The van der Waals surface area contributed by atoms with E-state index in [0.29, 0.717) is 17.4 Å². The van der Waals surface area contributed by atoms with Crippen LogP contribution in [0.2, 0.25) is 0 Å². The SMILES string of the molecule is C/C=C(F)\C(C(Nc1nc2c(s1)-c1cc(-c3cccnc3)ccc1CN(C)C2)=C1CCC1)=C(\F)CC. The lowest BCUT2D eigenvalue weighted by Crippen LogP contribution is -2.16. The number of pyridine rings is 1. The lowest BCUT2D eigenvalue weighted by molar-refractivity contribution is 0.319. The quantitative estimate of drug-likeness (QED) is 0.344. The third kappa shape index (κ3) is 4.77. The fourth-order valence-corrected chi connectivity index (χ4v) is 5.74. The Labute approximate surface area is 215 Å². The molecule has 2 aromatic heterocycles. The van der Waals surface area contributed by atoms with E-state index in [-0.39, 0.29) is 12.0 Å². The van der Waals surface area contributed by atoms with Gasteiger partial charge in [-0.05, 0) is 74.1 Å². The van der Waals surface area contributed by atoms with Crippen molar-refractivity contribution in [1.29, 1.82) is 0 Å². The molecule has 4 nitrogen and oxygen atoms in total. The Kier molecular flexibility index (Phi) is 7.12. The predicted octanol–water partition coefficient (Wildman–Crippen LogP) is 8.17. The highest BCUT2D eigenvalue weighted by Crippen LogP contribution is 2.43. The number of hydrogen-bond donors (Lipinski definition) is 1. The first-order valence-electron chi connectivity index (χ1n) is 12.4. The fraction of sp³-hybridized carbons (Fsp3) is 0.310. The first-order valence-corrected chi connectivity index (χ1v) is 13.2. The maximum absolute atomic E-state index is 14.9. The van der Waals surface area contributed by atoms with Crippen LogP contribution in [0, 0.1) is 0 Å². The van der Waals surface area contributed by atoms with Crippen molar-refractivity contribution in [2.24, 2.45) is 0 Å². The summed E-state index contributed by atoms with van der Waals surface area (Å²) in [5.74, 6) is -0.989. The van der Waals surface area contributed by atoms with Crippen LogP contribution in [-0.2, 0) is 13.1 Å². The van der Waals surface area contributed by atoms with E-state index in [4.69, 9.17) is 4.98 Å². The Hall–Kier alpha value is -3.16. The average molecular weight is 505 g/mol. The Balaban J connectivity index is 1.58. The number of rotatable bonds is 6. The molecule has 1 aromatic carbocycles. The number of thiazole rings is 1. The molecule has 3 heterocycles. The minimum atomic E-state index is -0.541. The van der Waals surface area contributed by atoms with E-state index in [2.05, 4.69) is 46.5 Å². The molecule has 5 rings (SSSR count). The van der Waals surface area contributed by atoms with Crippen molar-refractivity contribution < 1.29 is 8.78 Å². The van der Waals surface area contributed by atoms with Crippen molar-refractivity contribution in [2.45, 2.75) is 52.6 Å². The first kappa shape index (κ1) is 24.5. The number of aromatic nitrogens is 2. The molecule has 0 atom stereocenters. The van der Waals surface area contributed by atoms with Gasteiger partial charge in [0.1, 0.15) is 11.7 Å². The summed E-state index contributed by atoms with van der Waals surface area (Å²) in [7, 11) is 2.08. The van der Waals surface area contributed by atoms with Crippen LogP contribution >= 0.6 is 11.3 Å². The van der Waals surface area contributed by atoms with Gasteiger partial charge >= 0.3 is 0 Å². The van der Waals surface area contributed by atoms with Gasteiger partial charge in [0.05, 0.1) is 21.8 Å². The van der Waals surface area contributed by atoms with E-state index in [1.807, 2.05) is 12.3 Å². The van der Waals surface area contributed by atoms with Gasteiger partial charge in [0.2, 0.25) is 0 Å². The summed E-state index contributed by atoms with van der Waals surface area (Å²) < 4.78 is 29.8. The van der Waals surface area contributed by atoms with Crippen LogP contribution < -0.4 is 5.32 Å². The summed E-state index contributed by atoms with van der Waals surface area (Å²) in [5, 5.41) is 4.02. The Morgan fingerprint density at radius 1 is 1.17 bits per heavy atom. The van der Waals surface area contributed by atoms with Crippen molar-refractivity contribution in [3.63, 3.8) is 0 Å².